The minimum Gasteiger partial charge on any atom is -0.494 e. The van der Waals surface area contributed by atoms with Gasteiger partial charge in [0, 0.05) is 26.4 Å². The molecule has 2 N–H and O–H groups in total. The lowest BCUT2D eigenvalue weighted by atomic mass is 10.2. The quantitative estimate of drug-likeness (QED) is 0.628. The number of aliphatic carboxylic acids is 1. The lowest BCUT2D eigenvalue weighted by Gasteiger charge is -2.26. The Hall–Kier alpha value is -2.57. The summed E-state index contributed by atoms with van der Waals surface area (Å²) in [6, 6.07) is 8.32. The first-order valence-corrected chi connectivity index (χ1v) is 7.86. The summed E-state index contributed by atoms with van der Waals surface area (Å²) in [5.41, 5.74) is 0. The van der Waals surface area contributed by atoms with E-state index < -0.39 is 12.0 Å². The monoisotopic (exact) mass is 336 g/mol. The highest BCUT2D eigenvalue weighted by Crippen LogP contribution is 2.10. The number of hydrogen-bond donors (Lipinski definition) is 2. The summed E-state index contributed by atoms with van der Waals surface area (Å²) in [6.07, 6.45) is 0.668. The molecule has 0 aromatic heterocycles. The van der Waals surface area contributed by atoms with Gasteiger partial charge in [0.05, 0.1) is 6.61 Å². The third-order valence-electron chi connectivity index (χ3n) is 3.42. The van der Waals surface area contributed by atoms with Crippen LogP contribution in [0.3, 0.4) is 0 Å². The van der Waals surface area contributed by atoms with Crippen LogP contribution in [0.4, 0.5) is 0 Å². The van der Waals surface area contributed by atoms with Gasteiger partial charge in [0.1, 0.15) is 11.8 Å². The standard InChI is InChI=1S/C17H24N2O5/c1-13(17(22)23)19(11-10-18-14(2)20)16(21)9-6-12-24-15-7-4-3-5-8-15/h3-5,7-8,13H,6,9-12H2,1-2H3,(H,18,20)(H,22,23). The fourth-order valence-corrected chi connectivity index (χ4v) is 2.09. The minimum absolute atomic E-state index is 0.158. The number of carboxylic acid groups (broad SMARTS) is 1. The van der Waals surface area contributed by atoms with Crippen LogP contribution in [-0.4, -0.2) is 53.5 Å². The molecule has 0 aliphatic carbocycles. The Balaban J connectivity index is 2.44. The van der Waals surface area contributed by atoms with Crippen LogP contribution in [0.15, 0.2) is 30.3 Å². The third kappa shape index (κ3) is 7.13. The lowest BCUT2D eigenvalue weighted by molar-refractivity contribution is -0.149. The van der Waals surface area contributed by atoms with E-state index in [4.69, 9.17) is 9.84 Å². The molecular formula is C17H24N2O5. The molecule has 7 nitrogen and oxygen atoms in total. The fourth-order valence-electron chi connectivity index (χ4n) is 2.09. The molecule has 0 aliphatic heterocycles. The number of para-hydroxylation sites is 1. The van der Waals surface area contributed by atoms with E-state index in [-0.39, 0.29) is 31.3 Å². The summed E-state index contributed by atoms with van der Waals surface area (Å²) in [5.74, 6) is -0.841. The van der Waals surface area contributed by atoms with Crippen molar-refractivity contribution in [3.05, 3.63) is 30.3 Å². The van der Waals surface area contributed by atoms with Crippen LogP contribution in [-0.2, 0) is 14.4 Å². The van der Waals surface area contributed by atoms with Crippen LogP contribution in [0.2, 0.25) is 0 Å². The molecule has 1 aromatic carbocycles. The minimum atomic E-state index is -1.08. The first-order chi connectivity index (χ1) is 11.4. The maximum absolute atomic E-state index is 12.3. The smallest absolute Gasteiger partial charge is 0.326 e. The van der Waals surface area contributed by atoms with Crippen molar-refractivity contribution in [2.75, 3.05) is 19.7 Å². The first-order valence-electron chi connectivity index (χ1n) is 7.86. The number of amides is 2. The molecule has 1 rings (SSSR count). The summed E-state index contributed by atoms with van der Waals surface area (Å²) in [7, 11) is 0. The molecule has 0 radical (unpaired) electrons. The van der Waals surface area contributed by atoms with Gasteiger partial charge in [-0.05, 0) is 25.5 Å². The van der Waals surface area contributed by atoms with Gasteiger partial charge < -0.3 is 20.1 Å². The van der Waals surface area contributed by atoms with Crippen LogP contribution in [0.5, 0.6) is 5.75 Å². The number of hydrogen-bond acceptors (Lipinski definition) is 4. The summed E-state index contributed by atoms with van der Waals surface area (Å²) >= 11 is 0. The van der Waals surface area contributed by atoms with Crippen LogP contribution in [0, 0.1) is 0 Å². The van der Waals surface area contributed by atoms with E-state index in [0.29, 0.717) is 13.0 Å². The van der Waals surface area contributed by atoms with E-state index >= 15 is 0 Å². The number of rotatable bonds is 10. The van der Waals surface area contributed by atoms with Gasteiger partial charge >= 0.3 is 5.97 Å². The van der Waals surface area contributed by atoms with Crippen molar-refractivity contribution in [2.45, 2.75) is 32.7 Å². The molecule has 0 bridgehead atoms. The van der Waals surface area contributed by atoms with Gasteiger partial charge in [0.2, 0.25) is 11.8 Å². The zero-order valence-corrected chi connectivity index (χ0v) is 14.0. The second kappa shape index (κ2) is 10.3. The zero-order chi connectivity index (χ0) is 17.9. The molecule has 7 heteroatoms. The number of ether oxygens (including phenoxy) is 1. The van der Waals surface area contributed by atoms with Crippen molar-refractivity contribution >= 4 is 17.8 Å². The van der Waals surface area contributed by atoms with Crippen molar-refractivity contribution in [1.82, 2.24) is 10.2 Å². The maximum Gasteiger partial charge on any atom is 0.326 e. The van der Waals surface area contributed by atoms with Crippen molar-refractivity contribution in [2.24, 2.45) is 0 Å². The summed E-state index contributed by atoms with van der Waals surface area (Å²) in [6.45, 7) is 3.57. The van der Waals surface area contributed by atoms with Crippen molar-refractivity contribution in [3.8, 4) is 5.75 Å². The number of nitrogens with one attached hydrogen (secondary N) is 1. The molecule has 0 heterocycles. The van der Waals surface area contributed by atoms with Crippen molar-refractivity contribution in [1.29, 1.82) is 0 Å². The van der Waals surface area contributed by atoms with Crippen LogP contribution < -0.4 is 10.1 Å². The normalized spacial score (nSPS) is 11.4. The Kier molecular flexibility index (Phi) is 8.32. The highest BCUT2D eigenvalue weighted by Gasteiger charge is 2.24. The number of nitrogens with zero attached hydrogens (tertiary/aromatic N) is 1. The molecule has 2 amide bonds. The van der Waals surface area contributed by atoms with E-state index in [1.165, 1.54) is 18.7 Å². The molecule has 0 spiro atoms. The molecule has 0 saturated carbocycles. The van der Waals surface area contributed by atoms with Crippen molar-refractivity contribution < 1.29 is 24.2 Å². The molecule has 132 valence electrons. The Bertz CT molecular complexity index is 547. The van der Waals surface area contributed by atoms with Crippen LogP contribution in [0.25, 0.3) is 0 Å². The number of carbonyl (C=O) groups excluding carboxylic acids is 2. The topological polar surface area (TPSA) is 95.9 Å². The second-order valence-electron chi connectivity index (χ2n) is 5.35. The van der Waals surface area contributed by atoms with Gasteiger partial charge in [-0.1, -0.05) is 18.2 Å². The summed E-state index contributed by atoms with van der Waals surface area (Å²) in [5, 5.41) is 11.7. The van der Waals surface area contributed by atoms with Gasteiger partial charge in [-0.25, -0.2) is 4.79 Å². The van der Waals surface area contributed by atoms with E-state index in [1.807, 2.05) is 30.3 Å². The highest BCUT2D eigenvalue weighted by atomic mass is 16.5. The molecule has 1 unspecified atom stereocenters. The van der Waals surface area contributed by atoms with E-state index in [0.717, 1.165) is 5.75 Å². The van der Waals surface area contributed by atoms with Gasteiger partial charge in [0.25, 0.3) is 0 Å². The lowest BCUT2D eigenvalue weighted by Crippen LogP contribution is -2.46. The van der Waals surface area contributed by atoms with Gasteiger partial charge in [-0.2, -0.15) is 0 Å². The fraction of sp³-hybridized carbons (Fsp3) is 0.471. The predicted octanol–water partition coefficient (Wildman–Crippen LogP) is 1.28. The van der Waals surface area contributed by atoms with Gasteiger partial charge in [0.15, 0.2) is 0 Å². The summed E-state index contributed by atoms with van der Waals surface area (Å²) < 4.78 is 5.51. The van der Waals surface area contributed by atoms with Gasteiger partial charge in [-0.15, -0.1) is 0 Å². The van der Waals surface area contributed by atoms with E-state index in [1.54, 1.807) is 0 Å². The number of carboxylic acids is 1. The average molecular weight is 336 g/mol. The molecule has 24 heavy (non-hydrogen) atoms. The van der Waals surface area contributed by atoms with Crippen molar-refractivity contribution in [3.63, 3.8) is 0 Å². The first kappa shape index (κ1) is 19.5. The molecule has 0 saturated heterocycles. The third-order valence-corrected chi connectivity index (χ3v) is 3.42. The van der Waals surface area contributed by atoms with Crippen LogP contribution in [0.1, 0.15) is 26.7 Å². The Labute approximate surface area is 141 Å². The number of benzene rings is 1. The molecule has 1 atom stereocenters. The SMILES string of the molecule is CC(=O)NCCN(C(=O)CCCOc1ccccc1)C(C)C(=O)O. The second-order valence-corrected chi connectivity index (χ2v) is 5.35. The maximum atomic E-state index is 12.3. The molecule has 1 aromatic rings. The van der Waals surface area contributed by atoms with E-state index in [2.05, 4.69) is 5.32 Å². The van der Waals surface area contributed by atoms with Crippen LogP contribution >= 0.6 is 0 Å². The Morgan fingerprint density at radius 2 is 1.92 bits per heavy atom. The zero-order valence-electron chi connectivity index (χ0n) is 14.0. The highest BCUT2D eigenvalue weighted by molar-refractivity contribution is 5.83. The predicted molar refractivity (Wildman–Crippen MR) is 88.7 cm³/mol. The average Bonchev–Trinajstić information content (AvgIpc) is 2.55. The summed E-state index contributed by atoms with van der Waals surface area (Å²) in [4.78, 5) is 35.6. The van der Waals surface area contributed by atoms with E-state index in [9.17, 15) is 14.4 Å². The number of carbonyl (C=O) groups is 3. The Morgan fingerprint density at radius 1 is 1.25 bits per heavy atom. The molecule has 0 fully saturated rings. The molecular weight excluding hydrogens is 312 g/mol. The largest absolute Gasteiger partial charge is 0.494 e. The molecule has 0 aliphatic rings. The Morgan fingerprint density at radius 3 is 2.50 bits per heavy atom. The van der Waals surface area contributed by atoms with Gasteiger partial charge in [-0.3, -0.25) is 9.59 Å².